The fraction of sp³-hybridized carbons (Fsp3) is 0.320. The van der Waals surface area contributed by atoms with Gasteiger partial charge in [0.05, 0.1) is 11.4 Å². The van der Waals surface area contributed by atoms with E-state index in [1.807, 2.05) is 39.9 Å². The first-order chi connectivity index (χ1) is 15.5. The molecule has 2 heterocycles. The van der Waals surface area contributed by atoms with Crippen molar-refractivity contribution < 1.29 is 9.59 Å². The molecule has 166 valence electrons. The van der Waals surface area contributed by atoms with Gasteiger partial charge in [0.15, 0.2) is 5.16 Å². The molecule has 1 fully saturated rings. The predicted molar refractivity (Wildman–Crippen MR) is 127 cm³/mol. The lowest BCUT2D eigenvalue weighted by molar-refractivity contribution is -0.118. The Morgan fingerprint density at radius 2 is 1.81 bits per heavy atom. The monoisotopic (exact) mass is 448 g/mol. The van der Waals surface area contributed by atoms with Gasteiger partial charge < -0.3 is 10.2 Å². The molecular formula is C25H28N4O2S. The van der Waals surface area contributed by atoms with Crippen molar-refractivity contribution in [2.75, 3.05) is 18.8 Å². The summed E-state index contributed by atoms with van der Waals surface area (Å²) in [5.41, 5.74) is 5.13. The van der Waals surface area contributed by atoms with Gasteiger partial charge in [-0.2, -0.15) is 0 Å². The molecule has 7 heteroatoms. The lowest BCUT2D eigenvalue weighted by atomic mass is 10.1. The zero-order valence-electron chi connectivity index (χ0n) is 18.5. The smallest absolute Gasteiger partial charge is 0.253 e. The zero-order chi connectivity index (χ0) is 22.5. The summed E-state index contributed by atoms with van der Waals surface area (Å²) in [6.07, 6.45) is 5.84. The number of carbonyl (C=O) groups is 2. The van der Waals surface area contributed by atoms with Crippen molar-refractivity contribution in [2.45, 2.75) is 38.4 Å². The first-order valence-electron chi connectivity index (χ1n) is 10.9. The van der Waals surface area contributed by atoms with Crippen molar-refractivity contribution in [3.05, 3.63) is 77.1 Å². The van der Waals surface area contributed by atoms with Crippen LogP contribution in [0.15, 0.2) is 60.0 Å². The van der Waals surface area contributed by atoms with Crippen LogP contribution in [0.2, 0.25) is 0 Å². The number of carbonyl (C=O) groups excluding carboxylic acids is 2. The molecule has 0 bridgehead atoms. The Kier molecular flexibility index (Phi) is 6.95. The number of rotatable bonds is 7. The molecule has 6 nitrogen and oxygen atoms in total. The van der Waals surface area contributed by atoms with E-state index in [0.717, 1.165) is 42.3 Å². The minimum Gasteiger partial charge on any atom is -0.351 e. The minimum atomic E-state index is -0.0533. The predicted octanol–water partition coefficient (Wildman–Crippen LogP) is 4.13. The van der Waals surface area contributed by atoms with Crippen LogP contribution in [0.5, 0.6) is 0 Å². The van der Waals surface area contributed by atoms with Crippen molar-refractivity contribution in [1.82, 2.24) is 19.8 Å². The SMILES string of the molecule is Cc1ccc(-n2ccnc2SCC(=O)NCc2ccc(C(=O)N3CCCC3)cc2)c(C)c1. The molecule has 0 aliphatic carbocycles. The van der Waals surface area contributed by atoms with E-state index in [1.165, 1.54) is 22.9 Å². The molecule has 0 atom stereocenters. The first kappa shape index (κ1) is 22.1. The molecule has 0 spiro atoms. The Morgan fingerprint density at radius 1 is 1.06 bits per heavy atom. The van der Waals surface area contributed by atoms with Crippen LogP contribution in [0.25, 0.3) is 5.69 Å². The normalized spacial score (nSPS) is 13.4. The number of hydrogen-bond acceptors (Lipinski definition) is 4. The van der Waals surface area contributed by atoms with Gasteiger partial charge in [0.25, 0.3) is 5.91 Å². The highest BCUT2D eigenvalue weighted by atomic mass is 32.2. The number of imidazole rings is 1. The summed E-state index contributed by atoms with van der Waals surface area (Å²) in [4.78, 5) is 31.1. The average molecular weight is 449 g/mol. The van der Waals surface area contributed by atoms with Gasteiger partial charge in [-0.1, -0.05) is 41.6 Å². The number of aromatic nitrogens is 2. The van der Waals surface area contributed by atoms with E-state index in [4.69, 9.17) is 0 Å². The molecule has 1 aliphatic heterocycles. The molecule has 1 saturated heterocycles. The molecule has 0 saturated carbocycles. The Bertz CT molecular complexity index is 1100. The van der Waals surface area contributed by atoms with Gasteiger partial charge in [0.1, 0.15) is 0 Å². The number of nitrogens with one attached hydrogen (secondary N) is 1. The van der Waals surface area contributed by atoms with Gasteiger partial charge in [0, 0.05) is 37.6 Å². The molecule has 3 aromatic rings. The third-order valence-corrected chi connectivity index (χ3v) is 6.60. The molecule has 2 amide bonds. The number of thioether (sulfide) groups is 1. The third-order valence-electron chi connectivity index (χ3n) is 5.63. The number of amides is 2. The first-order valence-corrected chi connectivity index (χ1v) is 11.9. The number of hydrogen-bond donors (Lipinski definition) is 1. The van der Waals surface area contributed by atoms with Crippen LogP contribution in [0.3, 0.4) is 0 Å². The topological polar surface area (TPSA) is 67.2 Å². The lowest BCUT2D eigenvalue weighted by Crippen LogP contribution is -2.27. The highest BCUT2D eigenvalue weighted by molar-refractivity contribution is 7.99. The van der Waals surface area contributed by atoms with Crippen LogP contribution >= 0.6 is 11.8 Å². The second kappa shape index (κ2) is 10.0. The summed E-state index contributed by atoms with van der Waals surface area (Å²) in [7, 11) is 0. The number of likely N-dealkylation sites (tertiary alicyclic amines) is 1. The molecule has 1 aliphatic rings. The van der Waals surface area contributed by atoms with Crippen LogP contribution in [-0.2, 0) is 11.3 Å². The maximum absolute atomic E-state index is 12.4. The van der Waals surface area contributed by atoms with Gasteiger partial charge in [0.2, 0.25) is 5.91 Å². The molecular weight excluding hydrogens is 420 g/mol. The molecule has 0 radical (unpaired) electrons. The average Bonchev–Trinajstić information content (AvgIpc) is 3.48. The third kappa shape index (κ3) is 5.22. The number of aryl methyl sites for hydroxylation is 2. The quantitative estimate of drug-likeness (QED) is 0.552. The van der Waals surface area contributed by atoms with E-state index in [1.54, 1.807) is 6.20 Å². The van der Waals surface area contributed by atoms with Crippen LogP contribution in [0, 0.1) is 13.8 Å². The van der Waals surface area contributed by atoms with Crippen molar-refractivity contribution in [2.24, 2.45) is 0 Å². The Morgan fingerprint density at radius 3 is 2.53 bits per heavy atom. The summed E-state index contributed by atoms with van der Waals surface area (Å²) in [6, 6.07) is 13.8. The van der Waals surface area contributed by atoms with Gasteiger partial charge in [-0.15, -0.1) is 0 Å². The van der Waals surface area contributed by atoms with Crippen LogP contribution in [-0.4, -0.2) is 45.1 Å². The van der Waals surface area contributed by atoms with Gasteiger partial charge in [-0.05, 0) is 56.0 Å². The fourth-order valence-electron chi connectivity index (χ4n) is 3.91. The molecule has 0 unspecified atom stereocenters. The number of nitrogens with zero attached hydrogens (tertiary/aromatic N) is 3. The summed E-state index contributed by atoms with van der Waals surface area (Å²) >= 11 is 1.41. The van der Waals surface area contributed by atoms with Crippen molar-refractivity contribution in [1.29, 1.82) is 0 Å². The molecule has 1 N–H and O–H groups in total. The van der Waals surface area contributed by atoms with E-state index in [2.05, 4.69) is 42.3 Å². The van der Waals surface area contributed by atoms with Crippen LogP contribution in [0.4, 0.5) is 0 Å². The molecule has 4 rings (SSSR count). The summed E-state index contributed by atoms with van der Waals surface area (Å²) in [5.74, 6) is 0.323. The fourth-order valence-corrected chi connectivity index (χ4v) is 4.70. The summed E-state index contributed by atoms with van der Waals surface area (Å²) < 4.78 is 2.02. The van der Waals surface area contributed by atoms with Crippen LogP contribution in [0.1, 0.15) is 39.9 Å². The maximum Gasteiger partial charge on any atom is 0.253 e. The second-order valence-electron chi connectivity index (χ2n) is 8.13. The van der Waals surface area contributed by atoms with Gasteiger partial charge >= 0.3 is 0 Å². The Balaban J connectivity index is 1.29. The summed E-state index contributed by atoms with van der Waals surface area (Å²) in [5, 5.41) is 3.74. The van der Waals surface area contributed by atoms with E-state index < -0.39 is 0 Å². The maximum atomic E-state index is 12.4. The second-order valence-corrected chi connectivity index (χ2v) is 9.07. The molecule has 2 aromatic carbocycles. The van der Waals surface area contributed by atoms with Crippen molar-refractivity contribution in [3.8, 4) is 5.69 Å². The zero-order valence-corrected chi connectivity index (χ0v) is 19.3. The highest BCUT2D eigenvalue weighted by Crippen LogP contribution is 2.23. The Hall–Kier alpha value is -3.06. The van der Waals surface area contributed by atoms with Crippen molar-refractivity contribution in [3.63, 3.8) is 0 Å². The lowest BCUT2D eigenvalue weighted by Gasteiger charge is -2.15. The number of benzene rings is 2. The van der Waals surface area contributed by atoms with E-state index >= 15 is 0 Å². The van der Waals surface area contributed by atoms with Gasteiger partial charge in [-0.3, -0.25) is 14.2 Å². The molecule has 32 heavy (non-hydrogen) atoms. The standard InChI is InChI=1S/C25H28N4O2S/c1-18-5-10-22(19(2)15-18)29-14-11-26-25(29)32-17-23(30)27-16-20-6-8-21(9-7-20)24(31)28-12-3-4-13-28/h5-11,14-15H,3-4,12-13,16-17H2,1-2H3,(H,27,30). The highest BCUT2D eigenvalue weighted by Gasteiger charge is 2.19. The van der Waals surface area contributed by atoms with E-state index in [-0.39, 0.29) is 17.6 Å². The minimum absolute atomic E-state index is 0.0533. The molecule has 1 aromatic heterocycles. The summed E-state index contributed by atoms with van der Waals surface area (Å²) in [6.45, 7) is 6.27. The van der Waals surface area contributed by atoms with E-state index in [0.29, 0.717) is 12.1 Å². The largest absolute Gasteiger partial charge is 0.351 e. The Labute approximate surface area is 193 Å². The van der Waals surface area contributed by atoms with Crippen LogP contribution < -0.4 is 5.32 Å². The van der Waals surface area contributed by atoms with E-state index in [9.17, 15) is 9.59 Å². The van der Waals surface area contributed by atoms with Crippen molar-refractivity contribution >= 4 is 23.6 Å². The van der Waals surface area contributed by atoms with Gasteiger partial charge in [-0.25, -0.2) is 4.98 Å².